The summed E-state index contributed by atoms with van der Waals surface area (Å²) in [5.74, 6) is 1.92. The summed E-state index contributed by atoms with van der Waals surface area (Å²) in [6.07, 6.45) is 14.2. The molecule has 0 aromatic carbocycles. The molecule has 28 heavy (non-hydrogen) atoms. The van der Waals surface area contributed by atoms with Crippen LogP contribution < -0.4 is 0 Å². The molecule has 0 N–H and O–H groups in total. The zero-order valence-corrected chi connectivity index (χ0v) is 17.4. The van der Waals surface area contributed by atoms with E-state index in [1.54, 1.807) is 0 Å². The number of rotatable bonds is 6. The first kappa shape index (κ1) is 19.3. The average molecular weight is 391 g/mol. The van der Waals surface area contributed by atoms with Crippen LogP contribution >= 0.6 is 0 Å². The van der Waals surface area contributed by atoms with Crippen molar-refractivity contribution < 1.29 is 14.3 Å². The molecule has 0 radical (unpaired) electrons. The Labute approximate surface area is 170 Å². The van der Waals surface area contributed by atoms with E-state index < -0.39 is 0 Å². The van der Waals surface area contributed by atoms with Crippen molar-refractivity contribution in [3.8, 4) is 0 Å². The summed E-state index contributed by atoms with van der Waals surface area (Å²) in [5.41, 5.74) is 0. The third-order valence-corrected chi connectivity index (χ3v) is 8.11. The Morgan fingerprint density at radius 2 is 1.50 bits per heavy atom. The van der Waals surface area contributed by atoms with Crippen LogP contribution in [0.5, 0.6) is 0 Å². The van der Waals surface area contributed by atoms with Gasteiger partial charge in [0.25, 0.3) is 0 Å². The maximum Gasteiger partial charge on any atom is 0.249 e. The largest absolute Gasteiger partial charge is 0.381 e. The van der Waals surface area contributed by atoms with Gasteiger partial charge in [-0.15, -0.1) is 0 Å². The van der Waals surface area contributed by atoms with Crippen molar-refractivity contribution in [3.63, 3.8) is 0 Å². The number of piperidine rings is 1. The van der Waals surface area contributed by atoms with Gasteiger partial charge in [0.1, 0.15) is 6.61 Å². The molecule has 0 unspecified atom stereocenters. The average Bonchev–Trinajstić information content (AvgIpc) is 3.43. The second-order valence-electron chi connectivity index (χ2n) is 10.1. The van der Waals surface area contributed by atoms with Crippen molar-refractivity contribution in [2.24, 2.45) is 11.8 Å². The van der Waals surface area contributed by atoms with Crippen molar-refractivity contribution in [1.29, 1.82) is 0 Å². The van der Waals surface area contributed by atoms with Crippen LogP contribution in [0.4, 0.5) is 0 Å². The number of nitrogens with zero attached hydrogens (tertiary/aromatic N) is 2. The Balaban J connectivity index is 1.06. The molecule has 3 aliphatic carbocycles. The van der Waals surface area contributed by atoms with E-state index in [0.29, 0.717) is 24.8 Å². The molecule has 2 aliphatic heterocycles. The van der Waals surface area contributed by atoms with Gasteiger partial charge >= 0.3 is 0 Å². The van der Waals surface area contributed by atoms with Gasteiger partial charge in [-0.2, -0.15) is 0 Å². The molecule has 0 bridgehead atoms. The van der Waals surface area contributed by atoms with Gasteiger partial charge < -0.3 is 19.3 Å². The topological polar surface area (TPSA) is 42.0 Å². The smallest absolute Gasteiger partial charge is 0.249 e. The first-order chi connectivity index (χ1) is 13.8. The van der Waals surface area contributed by atoms with Gasteiger partial charge in [-0.1, -0.05) is 0 Å². The van der Waals surface area contributed by atoms with E-state index in [1.165, 1.54) is 58.0 Å². The highest BCUT2D eigenvalue weighted by Crippen LogP contribution is 2.35. The fourth-order valence-electron chi connectivity index (χ4n) is 6.22. The zero-order valence-electron chi connectivity index (χ0n) is 17.4. The van der Waals surface area contributed by atoms with E-state index in [2.05, 4.69) is 9.80 Å². The molecule has 0 aromatic rings. The van der Waals surface area contributed by atoms with Gasteiger partial charge in [-0.25, -0.2) is 0 Å². The van der Waals surface area contributed by atoms with Crippen molar-refractivity contribution in [3.05, 3.63) is 0 Å². The highest BCUT2D eigenvalue weighted by atomic mass is 16.5. The molecule has 2 heterocycles. The lowest BCUT2D eigenvalue weighted by molar-refractivity contribution is -0.160. The number of amides is 1. The lowest BCUT2D eigenvalue weighted by Gasteiger charge is -2.47. The molecule has 5 fully saturated rings. The summed E-state index contributed by atoms with van der Waals surface area (Å²) < 4.78 is 11.7. The van der Waals surface area contributed by atoms with E-state index in [-0.39, 0.29) is 5.91 Å². The van der Waals surface area contributed by atoms with Crippen molar-refractivity contribution in [1.82, 2.24) is 9.80 Å². The number of ether oxygens (including phenoxy) is 2. The van der Waals surface area contributed by atoms with Gasteiger partial charge in [0.05, 0.1) is 12.1 Å². The van der Waals surface area contributed by atoms with Gasteiger partial charge in [0, 0.05) is 38.4 Å². The quantitative estimate of drug-likeness (QED) is 0.698. The van der Waals surface area contributed by atoms with Crippen LogP contribution in [0, 0.1) is 11.8 Å². The number of carbonyl (C=O) groups excluding carboxylic acids is 1. The third-order valence-electron chi connectivity index (χ3n) is 8.11. The van der Waals surface area contributed by atoms with Crippen LogP contribution in [0.25, 0.3) is 0 Å². The second-order valence-corrected chi connectivity index (χ2v) is 10.1. The first-order valence-corrected chi connectivity index (χ1v) is 12.0. The van der Waals surface area contributed by atoms with Gasteiger partial charge in [-0.3, -0.25) is 4.79 Å². The summed E-state index contributed by atoms with van der Waals surface area (Å²) in [4.78, 5) is 17.6. The highest BCUT2D eigenvalue weighted by molar-refractivity contribution is 5.79. The molecule has 5 rings (SSSR count). The molecule has 3 saturated carbocycles. The number of likely N-dealkylation sites (tertiary alicyclic amines) is 1. The second kappa shape index (κ2) is 8.61. The van der Waals surface area contributed by atoms with Gasteiger partial charge in [0.2, 0.25) is 5.91 Å². The first-order valence-electron chi connectivity index (χ1n) is 12.0. The zero-order chi connectivity index (χ0) is 18.9. The van der Waals surface area contributed by atoms with E-state index in [4.69, 9.17) is 9.47 Å². The fraction of sp³-hybridized carbons (Fsp3) is 0.957. The Morgan fingerprint density at radius 3 is 2.18 bits per heavy atom. The van der Waals surface area contributed by atoms with Gasteiger partial charge in [0.15, 0.2) is 0 Å². The highest BCUT2D eigenvalue weighted by Gasteiger charge is 2.43. The Bertz CT molecular complexity index is 536. The number of fused-ring (bicyclic) bond motifs is 1. The molecule has 158 valence electrons. The van der Waals surface area contributed by atoms with Crippen LogP contribution in [0.15, 0.2) is 0 Å². The maximum atomic E-state index is 12.6. The van der Waals surface area contributed by atoms with Crippen LogP contribution in [0.3, 0.4) is 0 Å². The standard InChI is InChI=1S/C23H38N2O3/c26-23-16-28-22-3-1-2-21(22)25(23)20-10-12-24(13-11-20)19-8-6-18(7-9-19)15-27-14-17-4-5-17/h17-22H,1-16H2/t18?,19?,21-,22-/m0/s1. The molecule has 5 heteroatoms. The predicted molar refractivity (Wildman–Crippen MR) is 108 cm³/mol. The molecule has 0 aromatic heterocycles. The summed E-state index contributed by atoms with van der Waals surface area (Å²) >= 11 is 0. The Morgan fingerprint density at radius 1 is 0.821 bits per heavy atom. The number of morpholine rings is 1. The van der Waals surface area contributed by atoms with Crippen molar-refractivity contribution in [2.75, 3.05) is 32.9 Å². The minimum atomic E-state index is 0.244. The van der Waals surface area contributed by atoms with E-state index >= 15 is 0 Å². The number of hydrogen-bond acceptors (Lipinski definition) is 4. The molecule has 2 atom stereocenters. The lowest BCUT2D eigenvalue weighted by Crippen LogP contribution is -2.59. The summed E-state index contributed by atoms with van der Waals surface area (Å²) in [5, 5.41) is 0. The molecule has 1 amide bonds. The Kier molecular flexibility index (Phi) is 5.94. The molecule has 2 saturated heterocycles. The fourth-order valence-corrected chi connectivity index (χ4v) is 6.22. The van der Waals surface area contributed by atoms with Gasteiger partial charge in [-0.05, 0) is 82.5 Å². The Hall–Kier alpha value is -0.650. The predicted octanol–water partition coefficient (Wildman–Crippen LogP) is 3.22. The SMILES string of the molecule is O=C1CO[C@H]2CCC[C@@H]2N1C1CCN(C2CCC(COCC3CC3)CC2)CC1. The van der Waals surface area contributed by atoms with Crippen LogP contribution in [-0.4, -0.2) is 72.8 Å². The van der Waals surface area contributed by atoms with Crippen molar-refractivity contribution in [2.45, 2.75) is 94.9 Å². The number of hydrogen-bond donors (Lipinski definition) is 0. The molecular weight excluding hydrogens is 352 g/mol. The molecule has 0 spiro atoms. The van der Waals surface area contributed by atoms with Crippen LogP contribution in [0.1, 0.15) is 70.6 Å². The van der Waals surface area contributed by atoms with E-state index in [9.17, 15) is 4.79 Å². The summed E-state index contributed by atoms with van der Waals surface area (Å²) in [7, 11) is 0. The monoisotopic (exact) mass is 390 g/mol. The molecule has 5 nitrogen and oxygen atoms in total. The summed E-state index contributed by atoms with van der Waals surface area (Å²) in [6.45, 7) is 4.65. The normalized spacial score (nSPS) is 38.0. The van der Waals surface area contributed by atoms with Crippen LogP contribution in [-0.2, 0) is 14.3 Å². The number of carbonyl (C=O) groups is 1. The molecule has 5 aliphatic rings. The minimum Gasteiger partial charge on any atom is -0.381 e. The molecular formula is C23H38N2O3. The van der Waals surface area contributed by atoms with E-state index in [0.717, 1.165) is 56.8 Å². The minimum absolute atomic E-state index is 0.244. The lowest BCUT2D eigenvalue weighted by atomic mass is 9.84. The van der Waals surface area contributed by atoms with Crippen molar-refractivity contribution >= 4 is 5.91 Å². The summed E-state index contributed by atoms with van der Waals surface area (Å²) in [6, 6.07) is 1.58. The third kappa shape index (κ3) is 4.27. The maximum absolute atomic E-state index is 12.6. The van der Waals surface area contributed by atoms with Crippen LogP contribution in [0.2, 0.25) is 0 Å². The van der Waals surface area contributed by atoms with E-state index in [1.807, 2.05) is 0 Å².